The quantitative estimate of drug-likeness (QED) is 0.623. The number of halogens is 3. The summed E-state index contributed by atoms with van der Waals surface area (Å²) >= 11 is 0. The van der Waals surface area contributed by atoms with E-state index in [0.29, 0.717) is 0 Å². The first-order chi connectivity index (χ1) is 8.95. The largest absolute Gasteiger partial charge is 0.465 e. The number of esters is 1. The van der Waals surface area contributed by atoms with Crippen molar-refractivity contribution >= 4 is 5.97 Å². The van der Waals surface area contributed by atoms with E-state index in [-0.39, 0.29) is 13.2 Å². The number of alkyl halides is 3. The summed E-state index contributed by atoms with van der Waals surface area (Å²) in [6.45, 7) is 1.75. The van der Waals surface area contributed by atoms with Crippen LogP contribution in [0.25, 0.3) is 0 Å². The standard InChI is InChI=1S/C13H14F3NO2/c1-2-19-12(18)10-11(13(14,15)16)17(10)8-9-6-4-3-5-7-9/h3-7,10-11H,2,8H2,1H3. The normalized spacial score (nSPS) is 26.0. The van der Waals surface area contributed by atoms with Crippen LogP contribution in [0, 0.1) is 0 Å². The molecule has 0 aromatic heterocycles. The van der Waals surface area contributed by atoms with Gasteiger partial charge in [0.25, 0.3) is 0 Å². The van der Waals surface area contributed by atoms with Gasteiger partial charge in [0.15, 0.2) is 0 Å². The molecule has 3 atom stereocenters. The number of hydrogen-bond acceptors (Lipinski definition) is 3. The highest BCUT2D eigenvalue weighted by atomic mass is 19.4. The first-order valence-electron chi connectivity index (χ1n) is 5.98. The van der Waals surface area contributed by atoms with Gasteiger partial charge < -0.3 is 4.74 Å². The second-order valence-corrected chi connectivity index (χ2v) is 4.34. The van der Waals surface area contributed by atoms with Crippen LogP contribution in [0.5, 0.6) is 0 Å². The summed E-state index contributed by atoms with van der Waals surface area (Å²) in [5.74, 6) is -0.805. The fourth-order valence-corrected chi connectivity index (χ4v) is 2.13. The van der Waals surface area contributed by atoms with Crippen LogP contribution in [0.4, 0.5) is 13.2 Å². The molecule has 1 aliphatic rings. The van der Waals surface area contributed by atoms with E-state index >= 15 is 0 Å². The lowest BCUT2D eigenvalue weighted by Gasteiger charge is -2.06. The molecule has 1 aromatic rings. The fraction of sp³-hybridized carbons (Fsp3) is 0.462. The highest BCUT2D eigenvalue weighted by Crippen LogP contribution is 2.42. The highest BCUT2D eigenvalue weighted by molar-refractivity contribution is 5.80. The Balaban J connectivity index is 2.08. The fourth-order valence-electron chi connectivity index (χ4n) is 2.13. The Kier molecular flexibility index (Phi) is 3.80. The summed E-state index contributed by atoms with van der Waals surface area (Å²) in [6.07, 6.45) is -4.41. The molecule has 1 fully saturated rings. The maximum Gasteiger partial charge on any atom is 0.406 e. The molecule has 19 heavy (non-hydrogen) atoms. The molecule has 0 amide bonds. The molecule has 0 spiro atoms. The highest BCUT2D eigenvalue weighted by Gasteiger charge is 2.66. The van der Waals surface area contributed by atoms with Crippen molar-refractivity contribution in [3.63, 3.8) is 0 Å². The number of nitrogens with zero attached hydrogens (tertiary/aromatic N) is 1. The van der Waals surface area contributed by atoms with Crippen molar-refractivity contribution in [2.45, 2.75) is 31.7 Å². The predicted octanol–water partition coefficient (Wildman–Crippen LogP) is 2.36. The van der Waals surface area contributed by atoms with Crippen LogP contribution in [0.3, 0.4) is 0 Å². The first kappa shape index (κ1) is 13.9. The van der Waals surface area contributed by atoms with Crippen molar-refractivity contribution in [3.05, 3.63) is 35.9 Å². The molecule has 0 N–H and O–H groups in total. The SMILES string of the molecule is CCOC(=O)C1C(C(F)(F)F)N1Cc1ccccc1. The van der Waals surface area contributed by atoms with E-state index in [4.69, 9.17) is 0 Å². The number of carbonyl (C=O) groups excluding carboxylic acids is 1. The Morgan fingerprint density at radius 2 is 1.95 bits per heavy atom. The lowest BCUT2D eigenvalue weighted by Crippen LogP contribution is -2.24. The average molecular weight is 273 g/mol. The Labute approximate surface area is 109 Å². The predicted molar refractivity (Wildman–Crippen MR) is 62.2 cm³/mol. The van der Waals surface area contributed by atoms with Crippen LogP contribution in [-0.2, 0) is 16.1 Å². The molecule has 0 radical (unpaired) electrons. The monoisotopic (exact) mass is 273 g/mol. The van der Waals surface area contributed by atoms with Gasteiger partial charge in [0.05, 0.1) is 6.61 Å². The summed E-state index contributed by atoms with van der Waals surface area (Å²) in [5.41, 5.74) is 0.739. The van der Waals surface area contributed by atoms with Crippen LogP contribution in [0.1, 0.15) is 12.5 Å². The zero-order chi connectivity index (χ0) is 14.0. The number of carbonyl (C=O) groups is 1. The van der Waals surface area contributed by atoms with E-state index in [1.54, 1.807) is 37.3 Å². The molecule has 0 aliphatic carbocycles. The Morgan fingerprint density at radius 3 is 2.47 bits per heavy atom. The first-order valence-corrected chi connectivity index (χ1v) is 5.98. The van der Waals surface area contributed by atoms with E-state index in [1.807, 2.05) is 0 Å². The van der Waals surface area contributed by atoms with Crippen molar-refractivity contribution in [1.29, 1.82) is 0 Å². The molecule has 1 heterocycles. The van der Waals surface area contributed by atoms with Crippen LogP contribution in [-0.4, -0.2) is 35.7 Å². The van der Waals surface area contributed by atoms with Gasteiger partial charge >= 0.3 is 12.1 Å². The van der Waals surface area contributed by atoms with E-state index in [9.17, 15) is 18.0 Å². The van der Waals surface area contributed by atoms with Gasteiger partial charge in [-0.2, -0.15) is 13.2 Å². The smallest absolute Gasteiger partial charge is 0.406 e. The van der Waals surface area contributed by atoms with Gasteiger partial charge in [-0.1, -0.05) is 30.3 Å². The number of rotatable bonds is 4. The molecule has 104 valence electrons. The molecule has 0 saturated carbocycles. The molecule has 0 bridgehead atoms. The van der Waals surface area contributed by atoms with Gasteiger partial charge in [0, 0.05) is 6.54 Å². The number of ether oxygens (including phenoxy) is 1. The summed E-state index contributed by atoms with van der Waals surface area (Å²) < 4.78 is 43.1. The van der Waals surface area contributed by atoms with Gasteiger partial charge in [-0.25, -0.2) is 0 Å². The van der Waals surface area contributed by atoms with Crippen LogP contribution >= 0.6 is 0 Å². The minimum absolute atomic E-state index is 0.0824. The summed E-state index contributed by atoms with van der Waals surface area (Å²) in [4.78, 5) is 12.6. The molecule has 3 unspecified atom stereocenters. The molecule has 1 saturated heterocycles. The third kappa shape index (κ3) is 3.07. The Hall–Kier alpha value is -1.56. The Morgan fingerprint density at radius 1 is 1.32 bits per heavy atom. The van der Waals surface area contributed by atoms with Crippen molar-refractivity contribution < 1.29 is 22.7 Å². The van der Waals surface area contributed by atoms with Crippen LogP contribution in [0.2, 0.25) is 0 Å². The van der Waals surface area contributed by atoms with Gasteiger partial charge in [-0.05, 0) is 12.5 Å². The number of hydrogen-bond donors (Lipinski definition) is 0. The second-order valence-electron chi connectivity index (χ2n) is 4.34. The summed E-state index contributed by atoms with van der Waals surface area (Å²) in [7, 11) is 0. The zero-order valence-electron chi connectivity index (χ0n) is 10.4. The average Bonchev–Trinajstić information content (AvgIpc) is 3.05. The van der Waals surface area contributed by atoms with Gasteiger partial charge in [0.1, 0.15) is 12.1 Å². The van der Waals surface area contributed by atoms with Crippen molar-refractivity contribution in [3.8, 4) is 0 Å². The minimum atomic E-state index is -4.41. The summed E-state index contributed by atoms with van der Waals surface area (Å²) in [5, 5.41) is 0. The second kappa shape index (κ2) is 5.21. The molecule has 2 rings (SSSR count). The van der Waals surface area contributed by atoms with E-state index in [1.165, 1.54) is 0 Å². The molecule has 1 aliphatic heterocycles. The molecule has 6 heteroatoms. The van der Waals surface area contributed by atoms with Crippen molar-refractivity contribution in [1.82, 2.24) is 4.90 Å². The van der Waals surface area contributed by atoms with Crippen LogP contribution in [0.15, 0.2) is 30.3 Å². The van der Waals surface area contributed by atoms with E-state index < -0.39 is 24.2 Å². The maximum absolute atomic E-state index is 12.8. The van der Waals surface area contributed by atoms with Crippen molar-refractivity contribution in [2.24, 2.45) is 0 Å². The van der Waals surface area contributed by atoms with Crippen LogP contribution < -0.4 is 0 Å². The third-order valence-corrected chi connectivity index (χ3v) is 3.00. The lowest BCUT2D eigenvalue weighted by atomic mass is 10.2. The molecule has 3 nitrogen and oxygen atoms in total. The van der Waals surface area contributed by atoms with Gasteiger partial charge in [-0.15, -0.1) is 0 Å². The van der Waals surface area contributed by atoms with E-state index in [0.717, 1.165) is 10.5 Å². The van der Waals surface area contributed by atoms with E-state index in [2.05, 4.69) is 4.74 Å². The number of benzene rings is 1. The molecule has 1 aromatic carbocycles. The summed E-state index contributed by atoms with van der Waals surface area (Å²) in [6, 6.07) is 5.81. The third-order valence-electron chi connectivity index (χ3n) is 3.00. The molecular formula is C13H14F3NO2. The lowest BCUT2D eigenvalue weighted by molar-refractivity contribution is -0.149. The van der Waals surface area contributed by atoms with Gasteiger partial charge in [0.2, 0.25) is 0 Å². The van der Waals surface area contributed by atoms with Gasteiger partial charge in [-0.3, -0.25) is 9.69 Å². The topological polar surface area (TPSA) is 29.3 Å². The minimum Gasteiger partial charge on any atom is -0.465 e. The molecular weight excluding hydrogens is 259 g/mol. The Bertz CT molecular complexity index is 447. The maximum atomic E-state index is 12.8. The van der Waals surface area contributed by atoms with Crippen molar-refractivity contribution in [2.75, 3.05) is 6.61 Å². The zero-order valence-corrected chi connectivity index (χ0v) is 10.4.